The number of methoxy groups -OCH3 is 1. The summed E-state index contributed by atoms with van der Waals surface area (Å²) in [6.45, 7) is 7.85. The summed E-state index contributed by atoms with van der Waals surface area (Å²) in [7, 11) is 1.70. The largest absolute Gasteiger partial charge is 0.495 e. The maximum absolute atomic E-state index is 5.80. The van der Waals surface area contributed by atoms with Crippen LogP contribution in [-0.2, 0) is 10.4 Å². The number of amidine groups is 1. The van der Waals surface area contributed by atoms with Gasteiger partial charge in [0, 0.05) is 12.7 Å². The van der Waals surface area contributed by atoms with Gasteiger partial charge in [0.15, 0.2) is 5.84 Å². The molecule has 0 amide bonds. The Morgan fingerprint density at radius 2 is 1.94 bits per heavy atom. The van der Waals surface area contributed by atoms with Gasteiger partial charge >= 0.3 is 0 Å². The first kappa shape index (κ1) is 21.3. The fourth-order valence-corrected chi connectivity index (χ4v) is 4.74. The van der Waals surface area contributed by atoms with Crippen molar-refractivity contribution < 1.29 is 9.57 Å². The predicted molar refractivity (Wildman–Crippen MR) is 131 cm³/mol. The number of benzene rings is 2. The normalized spacial score (nSPS) is 21.4. The minimum absolute atomic E-state index is 0.245. The quantitative estimate of drug-likeness (QED) is 0.555. The summed E-state index contributed by atoms with van der Waals surface area (Å²) in [5.41, 5.74) is 6.47. The molecule has 0 unspecified atom stereocenters. The number of imidazole rings is 1. The van der Waals surface area contributed by atoms with Crippen molar-refractivity contribution in [3.63, 3.8) is 0 Å². The van der Waals surface area contributed by atoms with E-state index in [4.69, 9.17) is 9.57 Å². The maximum Gasteiger partial charge on any atom is 0.172 e. The van der Waals surface area contributed by atoms with Crippen LogP contribution < -0.4 is 4.74 Å². The molecule has 0 N–H and O–H groups in total. The van der Waals surface area contributed by atoms with E-state index in [9.17, 15) is 0 Å². The molecule has 0 bridgehead atoms. The Bertz CT molecular complexity index is 1230. The Morgan fingerprint density at radius 1 is 1.12 bits per heavy atom. The number of hydrogen-bond donors (Lipinski definition) is 0. The van der Waals surface area contributed by atoms with Crippen LogP contribution in [0, 0.1) is 13.8 Å². The van der Waals surface area contributed by atoms with Crippen molar-refractivity contribution in [3.05, 3.63) is 82.9 Å². The van der Waals surface area contributed by atoms with Crippen LogP contribution >= 0.6 is 0 Å². The number of aryl methyl sites for hydroxylation is 2. The van der Waals surface area contributed by atoms with Gasteiger partial charge in [-0.3, -0.25) is 0 Å². The van der Waals surface area contributed by atoms with Crippen molar-refractivity contribution in [2.45, 2.75) is 39.2 Å². The summed E-state index contributed by atoms with van der Waals surface area (Å²) < 4.78 is 7.69. The molecule has 1 saturated heterocycles. The first-order valence-corrected chi connectivity index (χ1v) is 11.4. The fourth-order valence-electron chi connectivity index (χ4n) is 4.74. The lowest BCUT2D eigenvalue weighted by Crippen LogP contribution is -2.55. The first-order chi connectivity index (χ1) is 16.0. The molecular formula is C27H30N4O2. The van der Waals surface area contributed by atoms with E-state index in [1.54, 1.807) is 7.11 Å². The summed E-state index contributed by atoms with van der Waals surface area (Å²) in [6, 6.07) is 15.0. The van der Waals surface area contributed by atoms with E-state index in [2.05, 4.69) is 77.4 Å². The minimum Gasteiger partial charge on any atom is -0.495 e. The molecule has 1 aromatic heterocycles. The number of hydrogen-bond acceptors (Lipinski definition) is 5. The molecule has 2 aromatic carbocycles. The van der Waals surface area contributed by atoms with Gasteiger partial charge in [-0.15, -0.1) is 0 Å². The molecule has 5 rings (SSSR count). The Balaban J connectivity index is 1.48. The van der Waals surface area contributed by atoms with Crippen LogP contribution in [0.1, 0.15) is 42.1 Å². The number of oxime groups is 1. The molecule has 2 aliphatic rings. The third-order valence-corrected chi connectivity index (χ3v) is 6.67. The Hall–Kier alpha value is -3.54. The zero-order valence-electron chi connectivity index (χ0n) is 19.7. The molecule has 3 aromatic rings. The average Bonchev–Trinajstić information content (AvgIpc) is 3.26. The van der Waals surface area contributed by atoms with Crippen molar-refractivity contribution in [1.82, 2.24) is 14.5 Å². The second-order valence-corrected chi connectivity index (χ2v) is 9.11. The van der Waals surface area contributed by atoms with Gasteiger partial charge < -0.3 is 19.0 Å². The lowest BCUT2D eigenvalue weighted by atomic mass is 9.86. The monoisotopic (exact) mass is 442 g/mol. The lowest BCUT2D eigenvalue weighted by Gasteiger charge is -2.47. The van der Waals surface area contributed by atoms with E-state index < -0.39 is 0 Å². The van der Waals surface area contributed by atoms with Crippen molar-refractivity contribution in [1.29, 1.82) is 0 Å². The molecular weight excluding hydrogens is 412 g/mol. The van der Waals surface area contributed by atoms with E-state index in [1.165, 1.54) is 16.7 Å². The molecule has 33 heavy (non-hydrogen) atoms. The molecule has 3 heterocycles. The highest BCUT2D eigenvalue weighted by Gasteiger charge is 2.42. The van der Waals surface area contributed by atoms with E-state index in [0.29, 0.717) is 6.61 Å². The molecule has 6 nitrogen and oxygen atoms in total. The summed E-state index contributed by atoms with van der Waals surface area (Å²) in [4.78, 5) is 12.5. The van der Waals surface area contributed by atoms with Gasteiger partial charge in [-0.05, 0) is 68.5 Å². The zero-order chi connectivity index (χ0) is 23.0. The molecule has 0 aliphatic carbocycles. The van der Waals surface area contributed by atoms with Crippen molar-refractivity contribution in [3.8, 4) is 11.4 Å². The van der Waals surface area contributed by atoms with Gasteiger partial charge in [0.2, 0.25) is 0 Å². The van der Waals surface area contributed by atoms with E-state index in [1.807, 2.05) is 24.0 Å². The van der Waals surface area contributed by atoms with E-state index in [-0.39, 0.29) is 5.54 Å². The fraction of sp³-hybridized carbons (Fsp3) is 0.333. The van der Waals surface area contributed by atoms with Crippen LogP contribution in [0.3, 0.4) is 0 Å². The van der Waals surface area contributed by atoms with Crippen LogP contribution in [0.4, 0.5) is 0 Å². The summed E-state index contributed by atoms with van der Waals surface area (Å²) in [6.07, 6.45) is 8.06. The Labute approximate surface area is 195 Å². The third-order valence-electron chi connectivity index (χ3n) is 6.67. The van der Waals surface area contributed by atoms with Crippen LogP contribution in [-0.4, -0.2) is 40.5 Å². The molecule has 0 saturated carbocycles. The number of piperidine rings is 1. The highest BCUT2D eigenvalue weighted by atomic mass is 16.6. The number of ether oxygens (including phenoxy) is 1. The zero-order valence-corrected chi connectivity index (χ0v) is 19.7. The number of fused-ring (bicyclic) bond motifs is 1. The summed E-state index contributed by atoms with van der Waals surface area (Å²) in [5.74, 6) is 1.74. The maximum atomic E-state index is 5.80. The minimum atomic E-state index is -0.245. The molecule has 1 atom stereocenters. The van der Waals surface area contributed by atoms with Gasteiger partial charge in [-0.1, -0.05) is 41.1 Å². The SMILES string of the molecule is COc1cc(/C=C2\CCCN3C2=NOC[C@]3(C)c2ccc(C)cc2)ccc1-n1cnc(C)c1. The molecule has 6 heteroatoms. The second-order valence-electron chi connectivity index (χ2n) is 9.11. The van der Waals surface area contributed by atoms with Crippen molar-refractivity contribution >= 4 is 11.9 Å². The van der Waals surface area contributed by atoms with Gasteiger partial charge in [-0.2, -0.15) is 0 Å². The molecule has 170 valence electrons. The lowest BCUT2D eigenvalue weighted by molar-refractivity contribution is 0.00243. The summed E-state index contributed by atoms with van der Waals surface area (Å²) >= 11 is 0. The van der Waals surface area contributed by atoms with Gasteiger partial charge in [0.05, 0.1) is 24.8 Å². The van der Waals surface area contributed by atoms with Crippen LogP contribution in [0.25, 0.3) is 11.8 Å². The highest BCUT2D eigenvalue weighted by molar-refractivity contribution is 6.03. The predicted octanol–water partition coefficient (Wildman–Crippen LogP) is 5.24. The van der Waals surface area contributed by atoms with E-state index >= 15 is 0 Å². The van der Waals surface area contributed by atoms with Crippen LogP contribution in [0.5, 0.6) is 5.75 Å². The first-order valence-electron chi connectivity index (χ1n) is 11.4. The Morgan fingerprint density at radius 3 is 2.67 bits per heavy atom. The molecule has 1 fully saturated rings. The topological polar surface area (TPSA) is 51.9 Å². The van der Waals surface area contributed by atoms with Crippen LogP contribution in [0.2, 0.25) is 0 Å². The third kappa shape index (κ3) is 3.90. The standard InChI is InChI=1S/C27H30N4O2/c1-19-7-10-23(11-8-19)27(3)17-33-29-26-22(6-5-13-31(26)27)14-21-9-12-24(25(15-21)32-4)30-16-20(2)28-18-30/h7-12,14-16,18H,5-6,13,17H2,1-4H3/b22-14+/t27-/m1/s1. The van der Waals surface area contributed by atoms with Crippen molar-refractivity contribution in [2.24, 2.45) is 5.16 Å². The molecule has 0 spiro atoms. The number of aromatic nitrogens is 2. The number of rotatable bonds is 4. The number of nitrogens with zero attached hydrogens (tertiary/aromatic N) is 4. The average molecular weight is 443 g/mol. The smallest absolute Gasteiger partial charge is 0.172 e. The van der Waals surface area contributed by atoms with Gasteiger partial charge in [0.25, 0.3) is 0 Å². The van der Waals surface area contributed by atoms with Crippen LogP contribution in [0.15, 0.2) is 65.7 Å². The van der Waals surface area contributed by atoms with E-state index in [0.717, 1.165) is 47.9 Å². The summed E-state index contributed by atoms with van der Waals surface area (Å²) in [5, 5.41) is 4.51. The second kappa shape index (κ2) is 8.43. The highest BCUT2D eigenvalue weighted by Crippen LogP contribution is 2.38. The van der Waals surface area contributed by atoms with Crippen molar-refractivity contribution in [2.75, 3.05) is 20.3 Å². The molecule has 0 radical (unpaired) electrons. The van der Waals surface area contributed by atoms with Gasteiger partial charge in [0.1, 0.15) is 17.9 Å². The van der Waals surface area contributed by atoms with Gasteiger partial charge in [-0.25, -0.2) is 4.98 Å². The Kier molecular flexibility index (Phi) is 5.44. The molecule has 2 aliphatic heterocycles.